The number of aliphatic hydroxyl groups excluding tert-OH is 1. The number of aromatic nitrogens is 1. The summed E-state index contributed by atoms with van der Waals surface area (Å²) in [6, 6.07) is 12.7. The van der Waals surface area contributed by atoms with Crippen LogP contribution in [0.2, 0.25) is 0 Å². The van der Waals surface area contributed by atoms with E-state index in [9.17, 15) is 14.7 Å². The molecule has 1 aliphatic heterocycles. The average molecular weight is 397 g/mol. The fourth-order valence-electron chi connectivity index (χ4n) is 3.53. The summed E-state index contributed by atoms with van der Waals surface area (Å²) >= 11 is 0. The van der Waals surface area contributed by atoms with Gasteiger partial charge in [-0.1, -0.05) is 30.3 Å². The first-order valence-electron chi connectivity index (χ1n) is 9.88. The Morgan fingerprint density at radius 3 is 2.69 bits per heavy atom. The first-order chi connectivity index (χ1) is 14.1. The molecule has 1 aliphatic rings. The van der Waals surface area contributed by atoms with Gasteiger partial charge >= 0.3 is 0 Å². The minimum absolute atomic E-state index is 0.0903. The highest BCUT2D eigenvalue weighted by Gasteiger charge is 2.33. The number of nitrogens with one attached hydrogen (secondary N) is 2. The molecule has 3 rings (SSSR count). The van der Waals surface area contributed by atoms with Gasteiger partial charge in [-0.25, -0.2) is 0 Å². The number of benzene rings is 1. The molecule has 1 fully saturated rings. The third-order valence-corrected chi connectivity index (χ3v) is 5.13. The van der Waals surface area contributed by atoms with Crippen LogP contribution in [-0.4, -0.2) is 46.8 Å². The van der Waals surface area contributed by atoms with Gasteiger partial charge in [-0.05, 0) is 37.5 Å². The molecule has 0 unspecified atom stereocenters. The Kier molecular flexibility index (Phi) is 7.32. The zero-order chi connectivity index (χ0) is 20.6. The predicted molar refractivity (Wildman–Crippen MR) is 108 cm³/mol. The van der Waals surface area contributed by atoms with Crippen molar-refractivity contribution < 1.29 is 19.4 Å². The minimum atomic E-state index is -0.547. The molecular weight excluding hydrogens is 370 g/mol. The van der Waals surface area contributed by atoms with Crippen molar-refractivity contribution in [3.63, 3.8) is 0 Å². The number of ether oxygens (including phenoxy) is 1. The number of amides is 2. The van der Waals surface area contributed by atoms with E-state index in [1.54, 1.807) is 18.3 Å². The highest BCUT2D eigenvalue weighted by Crippen LogP contribution is 2.23. The highest BCUT2D eigenvalue weighted by molar-refractivity contribution is 5.94. The predicted octanol–water partition coefficient (Wildman–Crippen LogP) is 1.99. The maximum absolute atomic E-state index is 12.4. The van der Waals surface area contributed by atoms with Crippen molar-refractivity contribution in [1.82, 2.24) is 15.6 Å². The van der Waals surface area contributed by atoms with Gasteiger partial charge in [0.25, 0.3) is 5.91 Å². The lowest BCUT2D eigenvalue weighted by Gasteiger charge is -2.36. The van der Waals surface area contributed by atoms with Gasteiger partial charge in [0.2, 0.25) is 5.91 Å². The second-order valence-electron chi connectivity index (χ2n) is 7.28. The molecule has 154 valence electrons. The number of aliphatic hydroxyl groups is 1. The molecule has 0 saturated carbocycles. The fourth-order valence-corrected chi connectivity index (χ4v) is 3.53. The second kappa shape index (κ2) is 10.1. The molecule has 2 amide bonds. The lowest BCUT2D eigenvalue weighted by Crippen LogP contribution is -2.51. The Bertz CT molecular complexity index is 800. The number of hydrogen-bond acceptors (Lipinski definition) is 5. The molecule has 7 heteroatoms. The smallest absolute Gasteiger partial charge is 0.253 e. The molecule has 1 aromatic carbocycles. The SMILES string of the molecule is C[C@@H](NC(=O)C[C@@H]1CC[C@H](NC(=O)c2cccnc2)[C@H](CO)O1)c1ccccc1. The van der Waals surface area contributed by atoms with E-state index >= 15 is 0 Å². The van der Waals surface area contributed by atoms with E-state index in [2.05, 4.69) is 15.6 Å². The number of carbonyl (C=O) groups is 2. The Balaban J connectivity index is 1.50. The highest BCUT2D eigenvalue weighted by atomic mass is 16.5. The molecule has 29 heavy (non-hydrogen) atoms. The zero-order valence-corrected chi connectivity index (χ0v) is 16.5. The van der Waals surface area contributed by atoms with Crippen molar-refractivity contribution >= 4 is 11.8 Å². The molecule has 2 aromatic rings. The molecule has 7 nitrogen and oxygen atoms in total. The van der Waals surface area contributed by atoms with Gasteiger partial charge in [0.05, 0.1) is 36.8 Å². The van der Waals surface area contributed by atoms with E-state index in [-0.39, 0.29) is 43.0 Å². The van der Waals surface area contributed by atoms with Crippen LogP contribution in [0.25, 0.3) is 0 Å². The van der Waals surface area contributed by atoms with Gasteiger partial charge in [0, 0.05) is 12.4 Å². The summed E-state index contributed by atoms with van der Waals surface area (Å²) in [7, 11) is 0. The zero-order valence-electron chi connectivity index (χ0n) is 16.5. The summed E-state index contributed by atoms with van der Waals surface area (Å²) in [5, 5.41) is 15.6. The largest absolute Gasteiger partial charge is 0.394 e. The monoisotopic (exact) mass is 397 g/mol. The summed E-state index contributed by atoms with van der Waals surface area (Å²) in [5.74, 6) is -0.348. The second-order valence-corrected chi connectivity index (χ2v) is 7.28. The molecule has 2 heterocycles. The first kappa shape index (κ1) is 21.0. The third kappa shape index (κ3) is 5.85. The Labute approximate surface area is 170 Å². The molecule has 4 atom stereocenters. The lowest BCUT2D eigenvalue weighted by molar-refractivity contribution is -0.131. The standard InChI is InChI=1S/C22H27N3O4/c1-15(16-6-3-2-4-7-16)24-21(27)12-18-9-10-19(20(14-26)29-18)25-22(28)17-8-5-11-23-13-17/h2-8,11,13,15,18-20,26H,9-10,12,14H2,1H3,(H,24,27)(H,25,28)/t15-,18+,19+,20+/m1/s1. The first-order valence-corrected chi connectivity index (χ1v) is 9.88. The number of rotatable bonds is 7. The molecule has 0 bridgehead atoms. The summed E-state index contributed by atoms with van der Waals surface area (Å²) in [6.45, 7) is 1.71. The van der Waals surface area contributed by atoms with Gasteiger partial charge in [-0.3, -0.25) is 14.6 Å². The molecule has 1 saturated heterocycles. The summed E-state index contributed by atoms with van der Waals surface area (Å²) in [5.41, 5.74) is 1.50. The van der Waals surface area contributed by atoms with Crippen LogP contribution in [0.3, 0.4) is 0 Å². The van der Waals surface area contributed by atoms with Crippen molar-refractivity contribution in [3.05, 3.63) is 66.0 Å². The molecular formula is C22H27N3O4. The topological polar surface area (TPSA) is 101 Å². The number of nitrogens with zero attached hydrogens (tertiary/aromatic N) is 1. The van der Waals surface area contributed by atoms with Crippen LogP contribution in [0.1, 0.15) is 48.1 Å². The minimum Gasteiger partial charge on any atom is -0.394 e. The molecule has 0 aliphatic carbocycles. The van der Waals surface area contributed by atoms with Crippen molar-refractivity contribution in [3.8, 4) is 0 Å². The van der Waals surface area contributed by atoms with Crippen LogP contribution in [0.5, 0.6) is 0 Å². The van der Waals surface area contributed by atoms with E-state index in [0.29, 0.717) is 18.4 Å². The molecule has 3 N–H and O–H groups in total. The summed E-state index contributed by atoms with van der Waals surface area (Å²) in [4.78, 5) is 28.7. The molecule has 0 spiro atoms. The van der Waals surface area contributed by atoms with Crippen LogP contribution in [0.15, 0.2) is 54.9 Å². The van der Waals surface area contributed by atoms with Crippen molar-refractivity contribution in [2.45, 2.75) is 50.5 Å². The third-order valence-electron chi connectivity index (χ3n) is 5.13. The summed E-state index contributed by atoms with van der Waals surface area (Å²) < 4.78 is 5.90. The van der Waals surface area contributed by atoms with Gasteiger partial charge in [0.1, 0.15) is 6.10 Å². The van der Waals surface area contributed by atoms with E-state index in [1.807, 2.05) is 37.3 Å². The maximum Gasteiger partial charge on any atom is 0.253 e. The lowest BCUT2D eigenvalue weighted by atomic mass is 9.96. The van der Waals surface area contributed by atoms with Crippen molar-refractivity contribution in [2.75, 3.05) is 6.61 Å². The van der Waals surface area contributed by atoms with Gasteiger partial charge in [-0.2, -0.15) is 0 Å². The number of carbonyl (C=O) groups excluding carboxylic acids is 2. The van der Waals surface area contributed by atoms with Crippen LogP contribution in [0, 0.1) is 0 Å². The average Bonchev–Trinajstić information content (AvgIpc) is 2.75. The Morgan fingerprint density at radius 1 is 1.21 bits per heavy atom. The van der Waals surface area contributed by atoms with Crippen LogP contribution < -0.4 is 10.6 Å². The fraction of sp³-hybridized carbons (Fsp3) is 0.409. The van der Waals surface area contributed by atoms with Crippen LogP contribution >= 0.6 is 0 Å². The quantitative estimate of drug-likeness (QED) is 0.663. The van der Waals surface area contributed by atoms with Gasteiger partial charge in [-0.15, -0.1) is 0 Å². The maximum atomic E-state index is 12.4. The van der Waals surface area contributed by atoms with E-state index in [4.69, 9.17) is 4.74 Å². The number of hydrogen-bond donors (Lipinski definition) is 3. The van der Waals surface area contributed by atoms with Crippen LogP contribution in [0.4, 0.5) is 0 Å². The molecule has 0 radical (unpaired) electrons. The molecule has 1 aromatic heterocycles. The normalized spacial score (nSPS) is 22.5. The Hall–Kier alpha value is -2.77. The Morgan fingerprint density at radius 2 is 2.00 bits per heavy atom. The van der Waals surface area contributed by atoms with Crippen LogP contribution in [-0.2, 0) is 9.53 Å². The van der Waals surface area contributed by atoms with E-state index < -0.39 is 6.10 Å². The van der Waals surface area contributed by atoms with E-state index in [0.717, 1.165) is 5.56 Å². The van der Waals surface area contributed by atoms with Gasteiger partial charge < -0.3 is 20.5 Å². The van der Waals surface area contributed by atoms with Gasteiger partial charge in [0.15, 0.2) is 0 Å². The summed E-state index contributed by atoms with van der Waals surface area (Å²) in [6.07, 6.45) is 3.73. The van der Waals surface area contributed by atoms with E-state index in [1.165, 1.54) is 6.20 Å². The van der Waals surface area contributed by atoms with Crippen molar-refractivity contribution in [1.29, 1.82) is 0 Å². The van der Waals surface area contributed by atoms with Crippen molar-refractivity contribution in [2.24, 2.45) is 0 Å². The number of pyridine rings is 1.